The molecule has 0 spiro atoms. The van der Waals surface area contributed by atoms with Crippen molar-refractivity contribution in [1.82, 2.24) is 0 Å². The molecule has 2 N–H and O–H groups in total. The van der Waals surface area contributed by atoms with Gasteiger partial charge in [0, 0.05) is 0 Å². The summed E-state index contributed by atoms with van der Waals surface area (Å²) in [6, 6.07) is 0. The highest BCUT2D eigenvalue weighted by Gasteiger charge is 2.38. The largest absolute Gasteiger partial charge is 0.385 e. The van der Waals surface area contributed by atoms with E-state index in [9.17, 15) is 10.2 Å². The van der Waals surface area contributed by atoms with E-state index in [2.05, 4.69) is 13.8 Å². The van der Waals surface area contributed by atoms with Crippen molar-refractivity contribution in [1.29, 1.82) is 0 Å². The van der Waals surface area contributed by atoms with Crippen molar-refractivity contribution in [2.45, 2.75) is 77.8 Å². The van der Waals surface area contributed by atoms with Gasteiger partial charge in [-0.15, -0.1) is 0 Å². The van der Waals surface area contributed by atoms with Gasteiger partial charge in [-0.2, -0.15) is 0 Å². The van der Waals surface area contributed by atoms with Crippen LogP contribution in [0.5, 0.6) is 0 Å². The summed E-state index contributed by atoms with van der Waals surface area (Å²) in [5, 5.41) is 19.5. The Morgan fingerprint density at radius 3 is 2.06 bits per heavy atom. The molecular formula is C14H28O3. The molecule has 0 bridgehead atoms. The smallest absolute Gasteiger partial charge is 0.183 e. The Morgan fingerprint density at radius 2 is 1.71 bits per heavy atom. The van der Waals surface area contributed by atoms with Crippen molar-refractivity contribution >= 4 is 0 Å². The second-order valence-electron chi connectivity index (χ2n) is 6.66. The maximum absolute atomic E-state index is 9.81. The van der Waals surface area contributed by atoms with Gasteiger partial charge in [-0.1, -0.05) is 13.8 Å². The Bertz CT molecular complexity index is 234. The Morgan fingerprint density at radius 1 is 1.24 bits per heavy atom. The van der Waals surface area contributed by atoms with Gasteiger partial charge in [-0.25, -0.2) is 0 Å². The van der Waals surface area contributed by atoms with Gasteiger partial charge in [0.05, 0.1) is 5.60 Å². The zero-order chi connectivity index (χ0) is 13.3. The van der Waals surface area contributed by atoms with Crippen LogP contribution < -0.4 is 0 Å². The van der Waals surface area contributed by atoms with Gasteiger partial charge in [0.15, 0.2) is 6.29 Å². The summed E-state index contributed by atoms with van der Waals surface area (Å²) in [7, 11) is 0. The molecule has 0 aromatic heterocycles. The highest BCUT2D eigenvalue weighted by Crippen LogP contribution is 2.38. The molecule has 0 heterocycles. The molecular weight excluding hydrogens is 216 g/mol. The minimum atomic E-state index is -1.20. The van der Waals surface area contributed by atoms with Crippen LogP contribution in [0.1, 0.15) is 60.3 Å². The predicted molar refractivity (Wildman–Crippen MR) is 68.6 cm³/mol. The Labute approximate surface area is 105 Å². The van der Waals surface area contributed by atoms with Crippen LogP contribution in [0.15, 0.2) is 0 Å². The van der Waals surface area contributed by atoms with Gasteiger partial charge >= 0.3 is 0 Å². The summed E-state index contributed by atoms with van der Waals surface area (Å²) in [4.78, 5) is 0. The Hall–Kier alpha value is -0.120. The van der Waals surface area contributed by atoms with Crippen LogP contribution in [0, 0.1) is 11.8 Å². The fourth-order valence-electron chi connectivity index (χ4n) is 2.45. The van der Waals surface area contributed by atoms with Gasteiger partial charge in [0.2, 0.25) is 0 Å². The number of aliphatic hydroxyl groups is 2. The third kappa shape index (κ3) is 4.23. The third-order valence-corrected chi connectivity index (χ3v) is 4.03. The van der Waals surface area contributed by atoms with E-state index in [1.54, 1.807) is 13.8 Å². The molecule has 1 unspecified atom stereocenters. The number of ether oxygens (including phenoxy) is 1. The van der Waals surface area contributed by atoms with E-state index in [1.165, 1.54) is 0 Å². The van der Waals surface area contributed by atoms with Crippen molar-refractivity contribution < 1.29 is 14.9 Å². The first-order valence-corrected chi connectivity index (χ1v) is 6.72. The van der Waals surface area contributed by atoms with Crippen molar-refractivity contribution in [2.75, 3.05) is 0 Å². The number of hydrogen-bond acceptors (Lipinski definition) is 3. The predicted octanol–water partition coefficient (Wildman–Crippen LogP) is 2.70. The van der Waals surface area contributed by atoms with Crippen LogP contribution in [-0.2, 0) is 4.74 Å². The molecule has 1 atom stereocenters. The van der Waals surface area contributed by atoms with E-state index in [-0.39, 0.29) is 5.60 Å². The van der Waals surface area contributed by atoms with Crippen molar-refractivity contribution in [2.24, 2.45) is 11.8 Å². The molecule has 0 aliphatic heterocycles. The first-order chi connectivity index (χ1) is 7.64. The molecule has 3 nitrogen and oxygen atoms in total. The van der Waals surface area contributed by atoms with Crippen LogP contribution in [-0.4, -0.2) is 27.7 Å². The van der Waals surface area contributed by atoms with Gasteiger partial charge in [-0.3, -0.25) is 0 Å². The topological polar surface area (TPSA) is 49.7 Å². The van der Waals surface area contributed by atoms with E-state index < -0.39 is 11.9 Å². The fourth-order valence-corrected chi connectivity index (χ4v) is 2.45. The molecule has 1 rings (SSSR count). The number of rotatable bonds is 4. The average molecular weight is 244 g/mol. The molecule has 0 aromatic carbocycles. The average Bonchev–Trinajstić information content (AvgIpc) is 2.16. The monoisotopic (exact) mass is 244 g/mol. The molecule has 102 valence electrons. The molecule has 1 aliphatic rings. The number of hydrogen-bond donors (Lipinski definition) is 2. The molecule has 17 heavy (non-hydrogen) atoms. The molecule has 1 saturated carbocycles. The van der Waals surface area contributed by atoms with Crippen molar-refractivity contribution in [3.63, 3.8) is 0 Å². The Balaban J connectivity index is 2.50. The van der Waals surface area contributed by atoms with Crippen LogP contribution >= 0.6 is 0 Å². The van der Waals surface area contributed by atoms with E-state index in [4.69, 9.17) is 4.74 Å². The van der Waals surface area contributed by atoms with Gasteiger partial charge in [0.1, 0.15) is 5.60 Å². The van der Waals surface area contributed by atoms with E-state index >= 15 is 0 Å². The summed E-state index contributed by atoms with van der Waals surface area (Å²) < 4.78 is 5.68. The van der Waals surface area contributed by atoms with E-state index in [0.29, 0.717) is 0 Å². The highest BCUT2D eigenvalue weighted by atomic mass is 16.6. The first kappa shape index (κ1) is 14.9. The van der Waals surface area contributed by atoms with Crippen LogP contribution in [0.3, 0.4) is 0 Å². The van der Waals surface area contributed by atoms with Crippen LogP contribution in [0.2, 0.25) is 0 Å². The summed E-state index contributed by atoms with van der Waals surface area (Å²) >= 11 is 0. The number of aliphatic hydroxyl groups excluding tert-OH is 1. The van der Waals surface area contributed by atoms with Gasteiger partial charge in [0.25, 0.3) is 0 Å². The summed E-state index contributed by atoms with van der Waals surface area (Å²) in [6.07, 6.45) is 3.11. The minimum absolute atomic E-state index is 0.287. The molecule has 0 amide bonds. The Kier molecular flexibility index (Phi) is 4.61. The normalized spacial score (nSPS) is 32.8. The SMILES string of the molecule is CC(C)C1CCC(C)(OC(O)C(C)(C)O)CC1. The van der Waals surface area contributed by atoms with Crippen molar-refractivity contribution in [3.05, 3.63) is 0 Å². The first-order valence-electron chi connectivity index (χ1n) is 6.72. The second kappa shape index (κ2) is 5.25. The molecule has 0 aromatic rings. The second-order valence-corrected chi connectivity index (χ2v) is 6.66. The fraction of sp³-hybridized carbons (Fsp3) is 1.00. The highest BCUT2D eigenvalue weighted by molar-refractivity contribution is 4.86. The van der Waals surface area contributed by atoms with Gasteiger partial charge < -0.3 is 14.9 Å². The lowest BCUT2D eigenvalue weighted by Crippen LogP contribution is -2.46. The standard InChI is InChI=1S/C14H28O3/c1-10(2)11-6-8-14(5,9-7-11)17-12(15)13(3,4)16/h10-12,15-16H,6-9H2,1-5H3. The van der Waals surface area contributed by atoms with Crippen LogP contribution in [0.25, 0.3) is 0 Å². The lowest BCUT2D eigenvalue weighted by molar-refractivity contribution is -0.255. The summed E-state index contributed by atoms with van der Waals surface area (Å²) in [5.74, 6) is 1.49. The maximum atomic E-state index is 9.81. The molecule has 1 fully saturated rings. The molecule has 0 saturated heterocycles. The zero-order valence-electron chi connectivity index (χ0n) is 11.9. The summed E-state index contributed by atoms with van der Waals surface area (Å²) in [6.45, 7) is 9.71. The molecule has 0 radical (unpaired) electrons. The van der Waals surface area contributed by atoms with Gasteiger partial charge in [-0.05, 0) is 58.3 Å². The lowest BCUT2D eigenvalue weighted by Gasteiger charge is -2.41. The zero-order valence-corrected chi connectivity index (χ0v) is 11.9. The quantitative estimate of drug-likeness (QED) is 0.748. The minimum Gasteiger partial charge on any atom is -0.385 e. The summed E-state index contributed by atoms with van der Waals surface area (Å²) in [5.41, 5.74) is -1.48. The van der Waals surface area contributed by atoms with E-state index in [0.717, 1.165) is 37.5 Å². The third-order valence-electron chi connectivity index (χ3n) is 4.03. The molecule has 1 aliphatic carbocycles. The van der Waals surface area contributed by atoms with Crippen molar-refractivity contribution in [3.8, 4) is 0 Å². The van der Waals surface area contributed by atoms with E-state index in [1.807, 2.05) is 6.92 Å². The molecule has 3 heteroatoms. The lowest BCUT2D eigenvalue weighted by atomic mass is 9.75. The maximum Gasteiger partial charge on any atom is 0.183 e. The van der Waals surface area contributed by atoms with Crippen LogP contribution in [0.4, 0.5) is 0 Å².